The monoisotopic (exact) mass is 156 g/mol. The summed E-state index contributed by atoms with van der Waals surface area (Å²) in [6, 6.07) is 0. The Balaban J connectivity index is 0. The average molecular weight is 156 g/mol. The van der Waals surface area contributed by atoms with Gasteiger partial charge in [-0.15, -0.1) is 0 Å². The highest BCUT2D eigenvalue weighted by atomic mass is 32.3. The Morgan fingerprint density at radius 1 is 1.44 bits per heavy atom. The first-order valence-corrected chi connectivity index (χ1v) is 3.17. The van der Waals surface area contributed by atoms with Crippen molar-refractivity contribution in [3.05, 3.63) is 12.3 Å². The second-order valence-electron chi connectivity index (χ2n) is 1.18. The molecule has 5 nitrogen and oxygen atoms in total. The van der Waals surface area contributed by atoms with Crippen LogP contribution in [0.2, 0.25) is 0 Å². The molecule has 56 valence electrons. The molecular weight excluding hydrogens is 148 g/mol. The third kappa shape index (κ3) is 623. The first-order valence-electron chi connectivity index (χ1n) is 1.78. The lowest BCUT2D eigenvalue weighted by atomic mass is 10.7. The fraction of sp³-hybridized carbons (Fsp3) is 0.333. The second kappa shape index (κ2) is 4.30. The van der Waals surface area contributed by atoms with Crippen LogP contribution >= 0.6 is 0 Å². The van der Waals surface area contributed by atoms with Crippen LogP contribution in [0.4, 0.5) is 0 Å². The van der Waals surface area contributed by atoms with Crippen LogP contribution in [0.15, 0.2) is 12.3 Å². The maximum atomic E-state index is 8.74. The second-order valence-corrected chi connectivity index (χ2v) is 2.08. The number of aliphatic hydroxyl groups is 1. The molecule has 0 atom stereocenters. The Bertz CT molecular complexity index is 155. The van der Waals surface area contributed by atoms with E-state index in [1.165, 1.54) is 6.92 Å². The minimum Gasteiger partial charge on any atom is -0.513 e. The summed E-state index contributed by atoms with van der Waals surface area (Å²) in [6.07, 6.45) is 0. The fourth-order valence-corrected chi connectivity index (χ4v) is 0. The van der Waals surface area contributed by atoms with Crippen molar-refractivity contribution in [2.45, 2.75) is 6.92 Å². The molecule has 0 saturated heterocycles. The van der Waals surface area contributed by atoms with E-state index >= 15 is 0 Å². The molecule has 0 saturated carbocycles. The van der Waals surface area contributed by atoms with Crippen molar-refractivity contribution < 1.29 is 22.6 Å². The van der Waals surface area contributed by atoms with Gasteiger partial charge in [0.25, 0.3) is 0 Å². The Morgan fingerprint density at radius 2 is 1.44 bits per heavy atom. The predicted molar refractivity (Wildman–Crippen MR) is 31.6 cm³/mol. The van der Waals surface area contributed by atoms with Gasteiger partial charge in [-0.25, -0.2) is 0 Å². The molecule has 0 spiro atoms. The molecule has 0 unspecified atom stereocenters. The van der Waals surface area contributed by atoms with E-state index in [9.17, 15) is 0 Å². The Labute approximate surface area is 53.2 Å². The van der Waals surface area contributed by atoms with Crippen molar-refractivity contribution in [3.8, 4) is 0 Å². The number of allylic oxidation sites excluding steroid dienone is 1. The quantitative estimate of drug-likeness (QED) is 0.349. The summed E-state index contributed by atoms with van der Waals surface area (Å²) in [5.74, 6) is 0.167. The van der Waals surface area contributed by atoms with Crippen LogP contribution in [-0.2, 0) is 10.4 Å². The van der Waals surface area contributed by atoms with Crippen LogP contribution in [0.25, 0.3) is 0 Å². The highest BCUT2D eigenvalue weighted by Crippen LogP contribution is 1.66. The molecular formula is C3H8O5S. The molecule has 6 heteroatoms. The molecule has 0 rings (SSSR count). The summed E-state index contributed by atoms with van der Waals surface area (Å²) in [5, 5.41) is 7.86. The molecule has 0 bridgehead atoms. The van der Waals surface area contributed by atoms with E-state index in [0.29, 0.717) is 0 Å². The molecule has 0 aromatic heterocycles. The van der Waals surface area contributed by atoms with Gasteiger partial charge < -0.3 is 5.11 Å². The van der Waals surface area contributed by atoms with Gasteiger partial charge in [-0.05, 0) is 6.92 Å². The van der Waals surface area contributed by atoms with Gasteiger partial charge >= 0.3 is 10.4 Å². The van der Waals surface area contributed by atoms with Gasteiger partial charge in [-0.2, -0.15) is 8.42 Å². The van der Waals surface area contributed by atoms with Crippen molar-refractivity contribution in [2.75, 3.05) is 0 Å². The van der Waals surface area contributed by atoms with Gasteiger partial charge in [-0.3, -0.25) is 9.11 Å². The molecule has 3 N–H and O–H groups in total. The summed E-state index contributed by atoms with van der Waals surface area (Å²) < 4.78 is 31.6. The van der Waals surface area contributed by atoms with Crippen molar-refractivity contribution >= 4 is 10.4 Å². The van der Waals surface area contributed by atoms with Gasteiger partial charge in [-0.1, -0.05) is 6.58 Å². The summed E-state index contributed by atoms with van der Waals surface area (Å²) in [5.41, 5.74) is 0. The number of rotatable bonds is 0. The first-order chi connectivity index (χ1) is 3.73. The first kappa shape index (κ1) is 11.2. The fourth-order valence-electron chi connectivity index (χ4n) is 0. The van der Waals surface area contributed by atoms with E-state index in [1.54, 1.807) is 0 Å². The molecule has 0 aliphatic rings. The third-order valence-electron chi connectivity index (χ3n) is 0. The zero-order valence-corrected chi connectivity index (χ0v) is 5.59. The normalized spacial score (nSPS) is 9.22. The average Bonchev–Trinajstić information content (AvgIpc) is 1.19. The number of hydrogen-bond acceptors (Lipinski definition) is 3. The lowest BCUT2D eigenvalue weighted by molar-refractivity contribution is 0.381. The molecule has 0 aliphatic carbocycles. The lowest BCUT2D eigenvalue weighted by Gasteiger charge is -1.68. The van der Waals surface area contributed by atoms with Crippen LogP contribution < -0.4 is 0 Å². The standard InChI is InChI=1S/C3H6O.H2O4S/c1-3(2)4;1-5(2,3)4/h4H,1H2,2H3;(H2,1,2,3,4). The molecule has 0 radical (unpaired) electrons. The lowest BCUT2D eigenvalue weighted by Crippen LogP contribution is -1.89. The Kier molecular flexibility index (Phi) is 5.38. The molecule has 9 heavy (non-hydrogen) atoms. The number of aliphatic hydroxyl groups excluding tert-OH is 1. The van der Waals surface area contributed by atoms with Crippen molar-refractivity contribution in [3.63, 3.8) is 0 Å². The molecule has 0 heterocycles. The van der Waals surface area contributed by atoms with Gasteiger partial charge in [0.05, 0.1) is 5.76 Å². The van der Waals surface area contributed by atoms with E-state index in [0.717, 1.165) is 0 Å². The van der Waals surface area contributed by atoms with E-state index in [4.69, 9.17) is 22.6 Å². The topological polar surface area (TPSA) is 94.8 Å². The maximum Gasteiger partial charge on any atom is 0.394 e. The van der Waals surface area contributed by atoms with E-state index in [-0.39, 0.29) is 5.76 Å². The summed E-state index contributed by atoms with van der Waals surface area (Å²) in [6.45, 7) is 4.64. The minimum atomic E-state index is -4.67. The van der Waals surface area contributed by atoms with Gasteiger partial charge in [0, 0.05) is 0 Å². The van der Waals surface area contributed by atoms with E-state index < -0.39 is 10.4 Å². The van der Waals surface area contributed by atoms with Crippen LogP contribution in [0.5, 0.6) is 0 Å². The van der Waals surface area contributed by atoms with Crippen LogP contribution in [0.3, 0.4) is 0 Å². The van der Waals surface area contributed by atoms with Crippen LogP contribution in [-0.4, -0.2) is 22.6 Å². The largest absolute Gasteiger partial charge is 0.513 e. The third-order valence-corrected chi connectivity index (χ3v) is 0. The zero-order valence-electron chi connectivity index (χ0n) is 4.77. The molecule has 0 amide bonds. The molecule has 0 aliphatic heterocycles. The summed E-state index contributed by atoms with van der Waals surface area (Å²) >= 11 is 0. The summed E-state index contributed by atoms with van der Waals surface area (Å²) in [4.78, 5) is 0. The molecule has 0 aromatic rings. The summed E-state index contributed by atoms with van der Waals surface area (Å²) in [7, 11) is -4.67. The van der Waals surface area contributed by atoms with Crippen LogP contribution in [0, 0.1) is 0 Å². The maximum absolute atomic E-state index is 8.74. The molecule has 0 aromatic carbocycles. The van der Waals surface area contributed by atoms with E-state index in [1.807, 2.05) is 0 Å². The minimum absolute atomic E-state index is 0.167. The SMILES string of the molecule is C=C(C)O.O=S(=O)(O)O. The number of hydrogen-bond donors (Lipinski definition) is 3. The van der Waals surface area contributed by atoms with E-state index in [2.05, 4.69) is 6.58 Å². The Morgan fingerprint density at radius 3 is 1.44 bits per heavy atom. The van der Waals surface area contributed by atoms with Gasteiger partial charge in [0.15, 0.2) is 0 Å². The predicted octanol–water partition coefficient (Wildman–Crippen LogP) is 0.425. The Hall–Kier alpha value is -0.590. The van der Waals surface area contributed by atoms with Crippen LogP contribution in [0.1, 0.15) is 6.92 Å². The molecule has 0 fully saturated rings. The zero-order chi connectivity index (χ0) is 8.08. The highest BCUT2D eigenvalue weighted by Gasteiger charge is 1.84. The van der Waals surface area contributed by atoms with Crippen molar-refractivity contribution in [1.29, 1.82) is 0 Å². The van der Waals surface area contributed by atoms with Crippen molar-refractivity contribution in [2.24, 2.45) is 0 Å². The van der Waals surface area contributed by atoms with Gasteiger partial charge in [0.1, 0.15) is 0 Å². The highest BCUT2D eigenvalue weighted by molar-refractivity contribution is 7.79. The van der Waals surface area contributed by atoms with Gasteiger partial charge in [0.2, 0.25) is 0 Å². The van der Waals surface area contributed by atoms with Crippen molar-refractivity contribution in [1.82, 2.24) is 0 Å². The smallest absolute Gasteiger partial charge is 0.394 e.